The molecule has 3 heterocycles. The normalized spacial score (nSPS) is 19.0. The minimum atomic E-state index is -3.13. The fourth-order valence-electron chi connectivity index (χ4n) is 3.10. The van der Waals surface area contributed by atoms with Crippen LogP contribution in [0.4, 0.5) is 0 Å². The Morgan fingerprint density at radius 2 is 1.88 bits per heavy atom. The van der Waals surface area contributed by atoms with Crippen LogP contribution in [0.3, 0.4) is 0 Å². The topological polar surface area (TPSA) is 62.7 Å². The third kappa shape index (κ3) is 4.80. The Hall–Kier alpha value is -0.440. The van der Waals surface area contributed by atoms with Gasteiger partial charge in [-0.05, 0) is 30.0 Å². The van der Waals surface area contributed by atoms with Crippen molar-refractivity contribution >= 4 is 34.8 Å². The van der Waals surface area contributed by atoms with Crippen molar-refractivity contribution < 1.29 is 13.2 Å². The van der Waals surface area contributed by atoms with E-state index in [-0.39, 0.29) is 30.6 Å². The summed E-state index contributed by atoms with van der Waals surface area (Å²) in [6.45, 7) is 7.05. The molecule has 0 bridgehead atoms. The van der Waals surface area contributed by atoms with Gasteiger partial charge in [0.25, 0.3) is 0 Å². The van der Waals surface area contributed by atoms with Gasteiger partial charge < -0.3 is 4.74 Å². The number of halogens is 2. The van der Waals surface area contributed by atoms with Gasteiger partial charge in [0.1, 0.15) is 0 Å². The largest absolute Gasteiger partial charge is 0.379 e. The number of aromatic nitrogens is 1. The molecular formula is C15H25Cl2N3O3S. The van der Waals surface area contributed by atoms with Crippen molar-refractivity contribution in [2.24, 2.45) is 0 Å². The van der Waals surface area contributed by atoms with E-state index in [1.54, 1.807) is 11.2 Å². The maximum Gasteiger partial charge on any atom is 0.214 e. The SMILES string of the molecule is CCS(=O)(=O)N1CCc2c(CN3CCOCC3)cncc2C1.Cl.Cl. The number of sulfonamides is 1. The highest BCUT2D eigenvalue weighted by Crippen LogP contribution is 2.24. The highest BCUT2D eigenvalue weighted by Gasteiger charge is 2.27. The average molecular weight is 398 g/mol. The third-order valence-corrected chi connectivity index (χ3v) is 6.28. The van der Waals surface area contributed by atoms with Gasteiger partial charge in [-0.1, -0.05) is 0 Å². The van der Waals surface area contributed by atoms with Crippen molar-refractivity contribution in [3.8, 4) is 0 Å². The second-order valence-electron chi connectivity index (χ2n) is 5.81. The Labute approximate surface area is 156 Å². The monoisotopic (exact) mass is 397 g/mol. The lowest BCUT2D eigenvalue weighted by atomic mass is 9.98. The van der Waals surface area contributed by atoms with E-state index in [1.807, 2.05) is 12.4 Å². The van der Waals surface area contributed by atoms with Gasteiger partial charge in [-0.25, -0.2) is 8.42 Å². The summed E-state index contributed by atoms with van der Waals surface area (Å²) in [5.74, 6) is 0.156. The van der Waals surface area contributed by atoms with Crippen LogP contribution in [0.2, 0.25) is 0 Å². The molecular weight excluding hydrogens is 373 g/mol. The van der Waals surface area contributed by atoms with Crippen LogP contribution in [0, 0.1) is 0 Å². The summed E-state index contributed by atoms with van der Waals surface area (Å²) in [5, 5.41) is 0. The lowest BCUT2D eigenvalue weighted by Gasteiger charge is -2.31. The van der Waals surface area contributed by atoms with Gasteiger partial charge in [0.2, 0.25) is 10.0 Å². The number of ether oxygens (including phenoxy) is 1. The molecule has 0 aliphatic carbocycles. The van der Waals surface area contributed by atoms with E-state index in [9.17, 15) is 8.42 Å². The van der Waals surface area contributed by atoms with Gasteiger partial charge in [0.15, 0.2) is 0 Å². The van der Waals surface area contributed by atoms with E-state index in [0.29, 0.717) is 13.1 Å². The van der Waals surface area contributed by atoms with Crippen LogP contribution in [0.1, 0.15) is 23.6 Å². The average Bonchev–Trinajstić information content (AvgIpc) is 2.55. The number of rotatable bonds is 4. The molecule has 0 N–H and O–H groups in total. The fraction of sp³-hybridized carbons (Fsp3) is 0.667. The number of pyridine rings is 1. The second-order valence-corrected chi connectivity index (χ2v) is 8.07. The van der Waals surface area contributed by atoms with Crippen LogP contribution in [0.25, 0.3) is 0 Å². The number of nitrogens with zero attached hydrogens (tertiary/aromatic N) is 3. The Bertz CT molecular complexity index is 637. The van der Waals surface area contributed by atoms with Crippen molar-refractivity contribution in [1.82, 2.24) is 14.2 Å². The summed E-state index contributed by atoms with van der Waals surface area (Å²) in [6, 6.07) is 0. The van der Waals surface area contributed by atoms with Gasteiger partial charge in [0, 0.05) is 45.1 Å². The van der Waals surface area contributed by atoms with Crippen molar-refractivity contribution in [1.29, 1.82) is 0 Å². The molecule has 0 spiro atoms. The van der Waals surface area contributed by atoms with Gasteiger partial charge in [-0.3, -0.25) is 9.88 Å². The summed E-state index contributed by atoms with van der Waals surface area (Å²) < 4.78 is 31.1. The summed E-state index contributed by atoms with van der Waals surface area (Å²) in [5.41, 5.74) is 3.56. The zero-order valence-corrected chi connectivity index (χ0v) is 16.3. The first kappa shape index (κ1) is 21.6. The van der Waals surface area contributed by atoms with Crippen LogP contribution in [0.15, 0.2) is 12.4 Å². The molecule has 1 fully saturated rings. The van der Waals surface area contributed by atoms with Crippen LogP contribution < -0.4 is 0 Å². The van der Waals surface area contributed by atoms with E-state index in [4.69, 9.17) is 4.74 Å². The summed E-state index contributed by atoms with van der Waals surface area (Å²) in [6.07, 6.45) is 4.52. The summed E-state index contributed by atoms with van der Waals surface area (Å²) in [7, 11) is -3.13. The lowest BCUT2D eigenvalue weighted by Crippen LogP contribution is -2.38. The fourth-order valence-corrected chi connectivity index (χ4v) is 4.17. The third-order valence-electron chi connectivity index (χ3n) is 4.45. The van der Waals surface area contributed by atoms with Crippen LogP contribution in [-0.2, 0) is 34.3 Å². The molecule has 1 saturated heterocycles. The van der Waals surface area contributed by atoms with E-state index < -0.39 is 10.0 Å². The van der Waals surface area contributed by atoms with Crippen molar-refractivity contribution in [3.05, 3.63) is 29.1 Å². The minimum Gasteiger partial charge on any atom is -0.379 e. The first-order valence-electron chi connectivity index (χ1n) is 7.82. The van der Waals surface area contributed by atoms with E-state index in [2.05, 4.69) is 9.88 Å². The Morgan fingerprint density at radius 1 is 1.17 bits per heavy atom. The molecule has 1 aromatic heterocycles. The lowest BCUT2D eigenvalue weighted by molar-refractivity contribution is 0.0340. The maximum absolute atomic E-state index is 12.0. The highest BCUT2D eigenvalue weighted by molar-refractivity contribution is 7.89. The molecule has 138 valence electrons. The number of hydrogen-bond donors (Lipinski definition) is 0. The molecule has 0 radical (unpaired) electrons. The molecule has 0 atom stereocenters. The molecule has 2 aliphatic heterocycles. The maximum atomic E-state index is 12.0. The van der Waals surface area contributed by atoms with Crippen LogP contribution in [0.5, 0.6) is 0 Å². The first-order valence-corrected chi connectivity index (χ1v) is 9.43. The molecule has 0 unspecified atom stereocenters. The summed E-state index contributed by atoms with van der Waals surface area (Å²) in [4.78, 5) is 6.70. The number of morpholine rings is 1. The molecule has 0 amide bonds. The Kier molecular flexibility index (Phi) is 8.38. The van der Waals surface area contributed by atoms with Gasteiger partial charge in [-0.2, -0.15) is 4.31 Å². The molecule has 9 heteroatoms. The van der Waals surface area contributed by atoms with Gasteiger partial charge >= 0.3 is 0 Å². The number of fused-ring (bicyclic) bond motifs is 1. The quantitative estimate of drug-likeness (QED) is 0.769. The highest BCUT2D eigenvalue weighted by atomic mass is 35.5. The second kappa shape index (κ2) is 9.31. The molecule has 2 aliphatic rings. The first-order chi connectivity index (χ1) is 10.6. The van der Waals surface area contributed by atoms with Crippen LogP contribution >= 0.6 is 24.8 Å². The van der Waals surface area contributed by atoms with Crippen molar-refractivity contribution in [3.63, 3.8) is 0 Å². The van der Waals surface area contributed by atoms with E-state index in [0.717, 1.165) is 44.8 Å². The van der Waals surface area contributed by atoms with Gasteiger partial charge in [-0.15, -0.1) is 24.8 Å². The van der Waals surface area contributed by atoms with Crippen molar-refractivity contribution in [2.45, 2.75) is 26.4 Å². The Balaban J connectivity index is 0.00000144. The van der Waals surface area contributed by atoms with E-state index >= 15 is 0 Å². The van der Waals surface area contributed by atoms with Crippen LogP contribution in [-0.4, -0.2) is 61.2 Å². The zero-order chi connectivity index (χ0) is 15.6. The molecule has 1 aromatic rings. The molecule has 0 aromatic carbocycles. The van der Waals surface area contributed by atoms with Gasteiger partial charge in [0.05, 0.1) is 19.0 Å². The molecule has 3 rings (SSSR count). The van der Waals surface area contributed by atoms with Crippen molar-refractivity contribution in [2.75, 3.05) is 38.6 Å². The van der Waals surface area contributed by atoms with E-state index in [1.165, 1.54) is 11.1 Å². The molecule has 6 nitrogen and oxygen atoms in total. The minimum absolute atomic E-state index is 0. The predicted molar refractivity (Wildman–Crippen MR) is 98.4 cm³/mol. The summed E-state index contributed by atoms with van der Waals surface area (Å²) >= 11 is 0. The number of hydrogen-bond acceptors (Lipinski definition) is 5. The standard InChI is InChI=1S/C15H23N3O3S.2ClH/c1-2-22(19,20)18-4-3-15-13(9-16-10-14(15)12-18)11-17-5-7-21-8-6-17;;/h9-10H,2-8,11-12H2,1H3;2*1H. The predicted octanol–water partition coefficient (Wildman–Crippen LogP) is 1.47. The smallest absolute Gasteiger partial charge is 0.214 e. The molecule has 0 saturated carbocycles. The zero-order valence-electron chi connectivity index (χ0n) is 13.8. The Morgan fingerprint density at radius 3 is 2.54 bits per heavy atom. The molecule has 24 heavy (non-hydrogen) atoms.